The van der Waals surface area contributed by atoms with E-state index in [1.54, 1.807) is 0 Å². The molecule has 1 unspecified atom stereocenters. The van der Waals surface area contributed by atoms with E-state index in [2.05, 4.69) is 107 Å². The Hall–Kier alpha value is -2.13. The van der Waals surface area contributed by atoms with Crippen molar-refractivity contribution < 1.29 is 28.2 Å². The van der Waals surface area contributed by atoms with E-state index in [1.165, 1.54) is 10.4 Å². The Morgan fingerprint density at radius 2 is 1.40 bits per heavy atom. The number of benzene rings is 2. The molecule has 7 heteroatoms. The Labute approximate surface area is 290 Å². The van der Waals surface area contributed by atoms with Gasteiger partial charge in [0.05, 0.1) is 24.2 Å². The third kappa shape index (κ3) is 6.68. The second-order valence-corrected chi connectivity index (χ2v) is 21.2. The minimum atomic E-state index is -2.63. The van der Waals surface area contributed by atoms with Gasteiger partial charge in [-0.1, -0.05) is 107 Å². The summed E-state index contributed by atoms with van der Waals surface area (Å²) < 4.78 is 33.4. The van der Waals surface area contributed by atoms with E-state index in [9.17, 15) is 4.79 Å². The lowest BCUT2D eigenvalue weighted by atomic mass is 9.58. The summed E-state index contributed by atoms with van der Waals surface area (Å²) in [7, 11) is -2.63. The van der Waals surface area contributed by atoms with Crippen LogP contribution < -0.4 is 10.4 Å². The lowest BCUT2D eigenvalue weighted by molar-refractivity contribution is -0.302. The number of ether oxygens (including phenoxy) is 4. The fourth-order valence-electron chi connectivity index (χ4n) is 9.55. The standard InChI is InChI=1S/C41H58O6Si/c1-28-22-24-41-36(35(42)26-29(2)37(41)46-40(8,9)47-41)34(28)21-20-30-27-31(45-39(6,7)44-30)23-25-43-48(38(3,4)5,32-16-12-10-13-17-32)33-18-14-11-15-19-33/h10-19,22,24,28-31,34,36-37H,20-21,23,25-27H2,1-9H3/t28-,29+,30+,31-,34-,36-,37+,41?/m0/s1. The molecule has 4 aliphatic rings. The third-order valence-electron chi connectivity index (χ3n) is 11.3. The van der Waals surface area contributed by atoms with Crippen LogP contribution in [0, 0.1) is 23.7 Å². The molecular formula is C41H58O6Si. The molecular weight excluding hydrogens is 617 g/mol. The van der Waals surface area contributed by atoms with Gasteiger partial charge < -0.3 is 23.4 Å². The van der Waals surface area contributed by atoms with E-state index in [0.29, 0.717) is 18.8 Å². The second-order valence-electron chi connectivity index (χ2n) is 16.9. The molecule has 6 rings (SSSR count). The molecule has 0 N–H and O–H groups in total. The van der Waals surface area contributed by atoms with Gasteiger partial charge in [0.1, 0.15) is 11.4 Å². The SMILES string of the molecule is C[C@@H]1CC(=O)[C@@H]2[C@@H](CC[C@@H]3C[C@H](CCO[Si](c4ccccc4)(c4ccccc4)C(C)(C)C)OC(C)(C)O3)[C@@H](C)C=CC23OC(C)(C)O[C@H]13. The van der Waals surface area contributed by atoms with Gasteiger partial charge in [-0.25, -0.2) is 0 Å². The van der Waals surface area contributed by atoms with Crippen molar-refractivity contribution in [1.29, 1.82) is 0 Å². The quantitative estimate of drug-likeness (QED) is 0.202. The fraction of sp³-hybridized carbons (Fsp3) is 0.634. The predicted molar refractivity (Wildman–Crippen MR) is 193 cm³/mol. The summed E-state index contributed by atoms with van der Waals surface area (Å²) in [6, 6.07) is 21.6. The Morgan fingerprint density at radius 3 is 1.98 bits per heavy atom. The number of ketones is 1. The van der Waals surface area contributed by atoms with Crippen molar-refractivity contribution >= 4 is 24.5 Å². The molecule has 2 aliphatic heterocycles. The van der Waals surface area contributed by atoms with Crippen molar-refractivity contribution in [1.82, 2.24) is 0 Å². The summed E-state index contributed by atoms with van der Waals surface area (Å²) in [6.45, 7) is 19.9. The zero-order chi connectivity index (χ0) is 34.5. The van der Waals surface area contributed by atoms with E-state index in [0.717, 1.165) is 25.7 Å². The van der Waals surface area contributed by atoms with Crippen molar-refractivity contribution in [2.45, 2.75) is 135 Å². The molecule has 0 aromatic heterocycles. The maximum atomic E-state index is 13.8. The van der Waals surface area contributed by atoms with Crippen LogP contribution in [0.4, 0.5) is 0 Å². The van der Waals surface area contributed by atoms with Gasteiger partial charge in [0.2, 0.25) is 0 Å². The highest BCUT2D eigenvalue weighted by atomic mass is 28.4. The van der Waals surface area contributed by atoms with Crippen LogP contribution in [0.25, 0.3) is 0 Å². The van der Waals surface area contributed by atoms with E-state index < -0.39 is 25.5 Å². The maximum absolute atomic E-state index is 13.8. The van der Waals surface area contributed by atoms with Crippen LogP contribution in [0.5, 0.6) is 0 Å². The van der Waals surface area contributed by atoms with Gasteiger partial charge in [0, 0.05) is 19.4 Å². The molecule has 2 saturated heterocycles. The van der Waals surface area contributed by atoms with Gasteiger partial charge in [-0.15, -0.1) is 0 Å². The van der Waals surface area contributed by atoms with Gasteiger partial charge >= 0.3 is 0 Å². The molecule has 1 spiro atoms. The van der Waals surface area contributed by atoms with Crippen LogP contribution in [-0.4, -0.2) is 56.2 Å². The van der Waals surface area contributed by atoms with Crippen LogP contribution in [0.2, 0.25) is 5.04 Å². The molecule has 0 radical (unpaired) electrons. The number of hydrogen-bond donors (Lipinski definition) is 0. The van der Waals surface area contributed by atoms with Gasteiger partial charge in [-0.05, 0) is 80.1 Å². The van der Waals surface area contributed by atoms with Crippen molar-refractivity contribution in [2.24, 2.45) is 23.7 Å². The first-order chi connectivity index (χ1) is 22.6. The van der Waals surface area contributed by atoms with E-state index >= 15 is 0 Å². The van der Waals surface area contributed by atoms with Crippen molar-refractivity contribution in [3.8, 4) is 0 Å². The van der Waals surface area contributed by atoms with Crippen LogP contribution in [0.3, 0.4) is 0 Å². The fourth-order valence-corrected chi connectivity index (χ4v) is 14.1. The Bertz CT molecular complexity index is 1410. The first-order valence-electron chi connectivity index (χ1n) is 18.3. The zero-order valence-corrected chi connectivity index (χ0v) is 31.7. The van der Waals surface area contributed by atoms with Gasteiger partial charge in [0.25, 0.3) is 8.32 Å². The number of carbonyl (C=O) groups excluding carboxylic acids is 1. The summed E-state index contributed by atoms with van der Waals surface area (Å²) in [4.78, 5) is 13.8. The van der Waals surface area contributed by atoms with Crippen LogP contribution in [0.15, 0.2) is 72.8 Å². The summed E-state index contributed by atoms with van der Waals surface area (Å²) in [5.74, 6) is -0.735. The van der Waals surface area contributed by atoms with Gasteiger partial charge in [0.15, 0.2) is 11.6 Å². The minimum absolute atomic E-state index is 0.0147. The monoisotopic (exact) mass is 674 g/mol. The van der Waals surface area contributed by atoms with E-state index in [-0.39, 0.29) is 47.0 Å². The van der Waals surface area contributed by atoms with Crippen LogP contribution in [0.1, 0.15) is 94.4 Å². The number of rotatable bonds is 9. The summed E-state index contributed by atoms with van der Waals surface area (Å²) in [5, 5.41) is 2.50. The van der Waals surface area contributed by atoms with Crippen molar-refractivity contribution in [3.63, 3.8) is 0 Å². The molecule has 48 heavy (non-hydrogen) atoms. The molecule has 2 heterocycles. The Balaban J connectivity index is 1.16. The molecule has 6 nitrogen and oxygen atoms in total. The molecule has 2 aromatic carbocycles. The van der Waals surface area contributed by atoms with Crippen molar-refractivity contribution in [2.75, 3.05) is 6.61 Å². The average Bonchev–Trinajstić information content (AvgIpc) is 3.30. The van der Waals surface area contributed by atoms with Crippen molar-refractivity contribution in [3.05, 3.63) is 72.8 Å². The number of Topliss-reactive ketones (excluding diaryl/α,β-unsaturated/α-hetero) is 1. The number of carbonyl (C=O) groups is 1. The minimum Gasteiger partial charge on any atom is -0.407 e. The Morgan fingerprint density at radius 1 is 0.812 bits per heavy atom. The van der Waals surface area contributed by atoms with E-state index in [4.69, 9.17) is 23.4 Å². The Kier molecular flexibility index (Phi) is 9.82. The molecule has 8 atom stereocenters. The molecule has 3 fully saturated rings. The molecule has 2 aromatic rings. The number of hydrogen-bond acceptors (Lipinski definition) is 6. The lowest BCUT2D eigenvalue weighted by Crippen LogP contribution is -2.66. The van der Waals surface area contributed by atoms with Gasteiger partial charge in [-0.2, -0.15) is 0 Å². The highest BCUT2D eigenvalue weighted by Gasteiger charge is 2.65. The first-order valence-corrected chi connectivity index (χ1v) is 20.2. The van der Waals surface area contributed by atoms with E-state index in [1.807, 2.05) is 27.7 Å². The molecule has 262 valence electrons. The highest BCUT2D eigenvalue weighted by molar-refractivity contribution is 6.99. The summed E-state index contributed by atoms with van der Waals surface area (Å²) in [6.07, 6.45) is 8.27. The molecule has 0 bridgehead atoms. The van der Waals surface area contributed by atoms with Crippen LogP contribution in [-0.2, 0) is 28.2 Å². The zero-order valence-electron chi connectivity index (χ0n) is 30.7. The smallest absolute Gasteiger partial charge is 0.261 e. The summed E-state index contributed by atoms with van der Waals surface area (Å²) in [5.41, 5.74) is -0.688. The summed E-state index contributed by atoms with van der Waals surface area (Å²) >= 11 is 0. The van der Waals surface area contributed by atoms with Crippen LogP contribution >= 0.6 is 0 Å². The average molecular weight is 675 g/mol. The molecule has 0 amide bonds. The third-order valence-corrected chi connectivity index (χ3v) is 16.4. The van der Waals surface area contributed by atoms with Gasteiger partial charge in [-0.3, -0.25) is 4.79 Å². The topological polar surface area (TPSA) is 63.2 Å². The highest BCUT2D eigenvalue weighted by Crippen LogP contribution is 2.56. The predicted octanol–water partition coefficient (Wildman–Crippen LogP) is 7.58. The second kappa shape index (κ2) is 13.2. The normalized spacial score (nSPS) is 34.4. The maximum Gasteiger partial charge on any atom is 0.261 e. The molecule has 1 saturated carbocycles. The molecule has 2 aliphatic carbocycles. The lowest BCUT2D eigenvalue weighted by Gasteiger charge is -2.50. The first kappa shape index (κ1) is 35.7. The number of allylic oxidation sites excluding steroid dienone is 1. The largest absolute Gasteiger partial charge is 0.407 e.